The first kappa shape index (κ1) is 14.2. The van der Waals surface area contributed by atoms with E-state index in [0.29, 0.717) is 12.0 Å². The Morgan fingerprint density at radius 1 is 1.26 bits per heavy atom. The summed E-state index contributed by atoms with van der Waals surface area (Å²) in [7, 11) is 1.39. The first-order valence-corrected chi connectivity index (χ1v) is 6.47. The fourth-order valence-electron chi connectivity index (χ4n) is 2.44. The van der Waals surface area contributed by atoms with Gasteiger partial charge < -0.3 is 10.1 Å². The van der Waals surface area contributed by atoms with Gasteiger partial charge in [-0.05, 0) is 49.6 Å². The molecule has 0 saturated carbocycles. The highest BCUT2D eigenvalue weighted by Gasteiger charge is 2.31. The number of halogens is 3. The molecular formula is C14H18F3NO. The molecule has 2 rings (SSSR count). The molecular weight excluding hydrogens is 255 g/mol. The van der Waals surface area contributed by atoms with Gasteiger partial charge in [0, 0.05) is 6.04 Å². The highest BCUT2D eigenvalue weighted by Crippen LogP contribution is 2.33. The zero-order chi connectivity index (χ0) is 13.9. The van der Waals surface area contributed by atoms with E-state index in [1.165, 1.54) is 13.2 Å². The number of ether oxygens (including phenoxy) is 1. The summed E-state index contributed by atoms with van der Waals surface area (Å²) in [6, 6.07) is 4.21. The van der Waals surface area contributed by atoms with E-state index < -0.39 is 11.7 Å². The van der Waals surface area contributed by atoms with Gasteiger partial charge in [0.25, 0.3) is 0 Å². The van der Waals surface area contributed by atoms with Crippen LogP contribution in [0.5, 0.6) is 5.75 Å². The van der Waals surface area contributed by atoms with Crippen molar-refractivity contribution < 1.29 is 17.9 Å². The third-order valence-electron chi connectivity index (χ3n) is 3.42. The zero-order valence-corrected chi connectivity index (χ0v) is 10.9. The average molecular weight is 273 g/mol. The smallest absolute Gasteiger partial charge is 0.416 e. The second-order valence-electron chi connectivity index (χ2n) is 4.92. The van der Waals surface area contributed by atoms with E-state index in [-0.39, 0.29) is 11.8 Å². The molecule has 0 bridgehead atoms. The molecule has 1 N–H and O–H groups in total. The Bertz CT molecular complexity index is 425. The second kappa shape index (κ2) is 5.82. The largest absolute Gasteiger partial charge is 0.497 e. The lowest BCUT2D eigenvalue weighted by Gasteiger charge is -2.24. The van der Waals surface area contributed by atoms with E-state index in [9.17, 15) is 13.2 Å². The number of benzene rings is 1. The van der Waals surface area contributed by atoms with Gasteiger partial charge in [-0.15, -0.1) is 0 Å². The molecule has 19 heavy (non-hydrogen) atoms. The Morgan fingerprint density at radius 3 is 2.63 bits per heavy atom. The van der Waals surface area contributed by atoms with Crippen molar-refractivity contribution in [2.24, 2.45) is 0 Å². The lowest BCUT2D eigenvalue weighted by atomic mass is 9.96. The van der Waals surface area contributed by atoms with Crippen molar-refractivity contribution in [3.05, 3.63) is 29.3 Å². The van der Waals surface area contributed by atoms with E-state index in [1.807, 2.05) is 0 Å². The van der Waals surface area contributed by atoms with E-state index in [1.54, 1.807) is 6.07 Å². The van der Waals surface area contributed by atoms with Gasteiger partial charge >= 0.3 is 6.18 Å². The molecule has 0 aromatic heterocycles. The third kappa shape index (κ3) is 3.86. The topological polar surface area (TPSA) is 21.3 Å². The highest BCUT2D eigenvalue weighted by atomic mass is 19.4. The molecule has 1 heterocycles. The molecule has 106 valence electrons. The van der Waals surface area contributed by atoms with Crippen molar-refractivity contribution in [3.63, 3.8) is 0 Å². The number of piperidine rings is 1. The molecule has 1 aliphatic heterocycles. The molecule has 0 unspecified atom stereocenters. The Hall–Kier alpha value is -1.23. The Morgan fingerprint density at radius 2 is 2.05 bits per heavy atom. The van der Waals surface area contributed by atoms with Crippen molar-refractivity contribution in [1.29, 1.82) is 0 Å². The lowest BCUT2D eigenvalue weighted by molar-refractivity contribution is -0.137. The monoisotopic (exact) mass is 273 g/mol. The van der Waals surface area contributed by atoms with E-state index in [0.717, 1.165) is 31.9 Å². The molecule has 1 atom stereocenters. The number of methoxy groups -OCH3 is 1. The van der Waals surface area contributed by atoms with Gasteiger partial charge in [-0.3, -0.25) is 0 Å². The molecule has 0 amide bonds. The molecule has 0 aliphatic carbocycles. The molecule has 1 aromatic rings. The number of nitrogens with one attached hydrogen (secondary N) is 1. The lowest BCUT2D eigenvalue weighted by Crippen LogP contribution is -2.35. The SMILES string of the molecule is COc1cc(C[C@@H]2CCCCN2)cc(C(F)(F)F)c1. The third-order valence-corrected chi connectivity index (χ3v) is 3.42. The van der Waals surface area contributed by atoms with Crippen LogP contribution in [0.15, 0.2) is 18.2 Å². The molecule has 2 nitrogen and oxygen atoms in total. The number of hydrogen-bond donors (Lipinski definition) is 1. The maximum atomic E-state index is 12.8. The van der Waals surface area contributed by atoms with Crippen LogP contribution in [0.25, 0.3) is 0 Å². The van der Waals surface area contributed by atoms with Gasteiger partial charge in [0.15, 0.2) is 0 Å². The minimum absolute atomic E-state index is 0.264. The van der Waals surface area contributed by atoms with Gasteiger partial charge in [0.05, 0.1) is 12.7 Å². The zero-order valence-electron chi connectivity index (χ0n) is 10.9. The van der Waals surface area contributed by atoms with Crippen LogP contribution in [0.1, 0.15) is 30.4 Å². The summed E-state index contributed by atoms with van der Waals surface area (Å²) in [6.45, 7) is 0.945. The summed E-state index contributed by atoms with van der Waals surface area (Å²) < 4.78 is 43.3. The van der Waals surface area contributed by atoms with Crippen molar-refractivity contribution in [2.45, 2.75) is 37.9 Å². The standard InChI is InChI=1S/C14H18F3NO/c1-19-13-8-10(6-11(9-13)14(15,16)17)7-12-4-2-3-5-18-12/h6,8-9,12,18H,2-5,7H2,1H3/t12-/m0/s1. The van der Waals surface area contributed by atoms with Gasteiger partial charge in [-0.25, -0.2) is 0 Å². The van der Waals surface area contributed by atoms with E-state index in [4.69, 9.17) is 4.74 Å². The minimum Gasteiger partial charge on any atom is -0.497 e. The van der Waals surface area contributed by atoms with Crippen molar-refractivity contribution in [1.82, 2.24) is 5.32 Å². The summed E-state index contributed by atoms with van der Waals surface area (Å²) in [5.41, 5.74) is 0.0312. The number of hydrogen-bond acceptors (Lipinski definition) is 2. The van der Waals surface area contributed by atoms with Crippen LogP contribution in [-0.2, 0) is 12.6 Å². The molecule has 1 aromatic carbocycles. The Kier molecular flexibility index (Phi) is 4.34. The van der Waals surface area contributed by atoms with E-state index >= 15 is 0 Å². The van der Waals surface area contributed by atoms with Crippen LogP contribution in [0.3, 0.4) is 0 Å². The van der Waals surface area contributed by atoms with Crippen LogP contribution >= 0.6 is 0 Å². The van der Waals surface area contributed by atoms with Crippen LogP contribution in [0, 0.1) is 0 Å². The molecule has 0 spiro atoms. The second-order valence-corrected chi connectivity index (χ2v) is 4.92. The Balaban J connectivity index is 2.19. The van der Waals surface area contributed by atoms with E-state index in [2.05, 4.69) is 5.32 Å². The maximum Gasteiger partial charge on any atom is 0.416 e. The quantitative estimate of drug-likeness (QED) is 0.911. The normalized spacial score (nSPS) is 20.3. The summed E-state index contributed by atoms with van der Waals surface area (Å²) in [6.07, 6.45) is -0.432. The van der Waals surface area contributed by atoms with Crippen molar-refractivity contribution in [2.75, 3.05) is 13.7 Å². The molecule has 1 fully saturated rings. The van der Waals surface area contributed by atoms with Gasteiger partial charge in [0.1, 0.15) is 5.75 Å². The Labute approximate surface area is 111 Å². The van der Waals surface area contributed by atoms with Crippen LogP contribution in [0.2, 0.25) is 0 Å². The predicted octanol–water partition coefficient (Wildman–Crippen LogP) is 3.40. The van der Waals surface area contributed by atoms with Gasteiger partial charge in [-0.1, -0.05) is 6.42 Å². The molecule has 0 radical (unpaired) electrons. The van der Waals surface area contributed by atoms with Crippen molar-refractivity contribution >= 4 is 0 Å². The summed E-state index contributed by atoms with van der Waals surface area (Å²) >= 11 is 0. The predicted molar refractivity (Wildman–Crippen MR) is 67.3 cm³/mol. The molecule has 1 saturated heterocycles. The average Bonchev–Trinajstić information content (AvgIpc) is 2.38. The van der Waals surface area contributed by atoms with Crippen molar-refractivity contribution in [3.8, 4) is 5.75 Å². The summed E-state index contributed by atoms with van der Waals surface area (Å²) in [5, 5.41) is 3.34. The molecule has 5 heteroatoms. The van der Waals surface area contributed by atoms with Gasteiger partial charge in [-0.2, -0.15) is 13.2 Å². The first-order valence-electron chi connectivity index (χ1n) is 6.47. The summed E-state index contributed by atoms with van der Waals surface area (Å²) in [5.74, 6) is 0.264. The summed E-state index contributed by atoms with van der Waals surface area (Å²) in [4.78, 5) is 0. The highest BCUT2D eigenvalue weighted by molar-refractivity contribution is 5.36. The fourth-order valence-corrected chi connectivity index (χ4v) is 2.44. The first-order chi connectivity index (χ1) is 8.99. The van der Waals surface area contributed by atoms with Crippen LogP contribution in [0.4, 0.5) is 13.2 Å². The molecule has 1 aliphatic rings. The van der Waals surface area contributed by atoms with Crippen LogP contribution in [-0.4, -0.2) is 19.7 Å². The fraction of sp³-hybridized carbons (Fsp3) is 0.571. The maximum absolute atomic E-state index is 12.8. The minimum atomic E-state index is -4.33. The number of alkyl halides is 3. The van der Waals surface area contributed by atoms with Crippen LogP contribution < -0.4 is 10.1 Å². The number of rotatable bonds is 3. The van der Waals surface area contributed by atoms with Gasteiger partial charge in [0.2, 0.25) is 0 Å².